The number of unbranched alkanes of at least 4 members (excludes halogenated alkanes) is 4. The Hall–Kier alpha value is -10.2. The predicted octanol–water partition coefficient (Wildman–Crippen LogP) is 10.7. The topological polar surface area (TPSA) is 412 Å². The molecule has 8 rings (SSSR count). The third kappa shape index (κ3) is 39.5. The second-order valence-electron chi connectivity index (χ2n) is 24.7. The van der Waals surface area contributed by atoms with Gasteiger partial charge < -0.3 is 86.3 Å². The Morgan fingerprint density at radius 3 is 1.03 bits per heavy atom. The van der Waals surface area contributed by atoms with Crippen molar-refractivity contribution in [2.75, 3.05) is 76.2 Å². The Bertz CT molecular complexity index is 4840. The summed E-state index contributed by atoms with van der Waals surface area (Å²) >= 11 is 0.769. The number of ether oxygens (including phenoxy) is 11. The molecule has 0 saturated heterocycles. The molecule has 29 nitrogen and oxygen atoms in total. The van der Waals surface area contributed by atoms with E-state index in [1.54, 1.807) is 73.8 Å². The first-order chi connectivity index (χ1) is 56.0. The number of aromatic hydroxyl groups is 3. The van der Waals surface area contributed by atoms with Crippen LogP contribution >= 0.6 is 12.0 Å². The van der Waals surface area contributed by atoms with E-state index in [2.05, 4.69) is 34.4 Å². The van der Waals surface area contributed by atoms with Crippen molar-refractivity contribution in [3.8, 4) is 63.2 Å². The van der Waals surface area contributed by atoms with Crippen LogP contribution in [0.2, 0.25) is 0 Å². The number of phenolic OH excluding ortho intramolecular Hbond substituents is 3. The van der Waals surface area contributed by atoms with Crippen LogP contribution < -0.4 is 72.2 Å². The second kappa shape index (κ2) is 54.8. The van der Waals surface area contributed by atoms with E-state index in [4.69, 9.17) is 48.5 Å². The summed E-state index contributed by atoms with van der Waals surface area (Å²) in [6.07, 6.45) is 6.66. The number of esters is 4. The van der Waals surface area contributed by atoms with Gasteiger partial charge in [-0.15, -0.1) is 0 Å². The van der Waals surface area contributed by atoms with Gasteiger partial charge in [0.25, 0.3) is 0 Å². The molecule has 0 unspecified atom stereocenters. The van der Waals surface area contributed by atoms with Crippen molar-refractivity contribution in [2.24, 2.45) is 0 Å². The first-order valence-corrected chi connectivity index (χ1v) is 41.3. The first kappa shape index (κ1) is 105. The minimum absolute atomic E-state index is 0. The molecule has 0 aromatic heterocycles. The number of hydrogen-bond acceptors (Lipinski definition) is 29. The maximum absolute atomic E-state index is 13.1. The molecule has 37 heteroatoms. The number of carbonyl (C=O) groups excluding carboxylic acids is 4. The van der Waals surface area contributed by atoms with Crippen LogP contribution in [0.15, 0.2) is 188 Å². The number of carbonyl (C=O) groups is 5. The van der Waals surface area contributed by atoms with Crippen LogP contribution in [-0.4, -0.2) is 157 Å². The molecule has 0 spiro atoms. The van der Waals surface area contributed by atoms with Gasteiger partial charge in [0.05, 0.1) is 128 Å². The van der Waals surface area contributed by atoms with Crippen molar-refractivity contribution in [3.63, 3.8) is 0 Å². The molecular weight excluding hydrogens is 1660 g/mol. The van der Waals surface area contributed by atoms with E-state index in [0.717, 1.165) is 81.1 Å². The molecule has 0 fully saturated rings. The molecule has 8 aromatic rings. The molecule has 0 aliphatic rings. The fourth-order valence-electron chi connectivity index (χ4n) is 9.54. The molecule has 4 N–H and O–H groups in total. The summed E-state index contributed by atoms with van der Waals surface area (Å²) in [7, 11) is -3.89. The molecule has 0 bridgehead atoms. The molecule has 119 heavy (non-hydrogen) atoms. The predicted molar refractivity (Wildman–Crippen MR) is 425 cm³/mol. The maximum atomic E-state index is 13.1. The fraction of sp³-hybridized carbons (Fsp3) is 0.354. The molecule has 0 saturated carbocycles. The van der Waals surface area contributed by atoms with Crippen molar-refractivity contribution >= 4 is 71.7 Å². The largest absolute Gasteiger partial charge is 1.00 e. The second-order valence-corrected chi connectivity index (χ2v) is 30.9. The number of phenols is 3. The van der Waals surface area contributed by atoms with E-state index in [1.165, 1.54) is 120 Å². The van der Waals surface area contributed by atoms with Gasteiger partial charge in [-0.2, -0.15) is 21.6 Å². The molecule has 646 valence electrons. The Labute approximate surface area is 717 Å². The summed E-state index contributed by atoms with van der Waals surface area (Å²) in [4.78, 5) is 56.9. The zero-order valence-corrected chi connectivity index (χ0v) is 73.1. The van der Waals surface area contributed by atoms with Crippen LogP contribution in [0.4, 0.5) is 13.2 Å². The number of halogens is 3. The SMILES string of the molecule is CCCCOc1cc(CC(=O)O)cc(S(=O)(=O)c2cccc(OC)c2)c1.CCCCOc1cc(CC(=O)OC)cc(OS(=O)(=O)C(F)(F)F)c1.CCCCOc1cc(CC(=O)OC)cc(S(=O)(=O)c2cccc(OC)c2)c1.CCCCOc1cc(O)cc(CC(=O)OC)c1.COC(=O)Cc1cc(O)cc(O)c1.COc1cccc(SO[O-])c1.[Na+]. The standard InChI is InChI=1S/C20H24O6S.C19H22O6S.C14H17F3O6S.C13H18O4.C9H10O4.C7H8O3S.Na/c1-4-5-9-26-17-10-15(12-20(21)25-3)11-19(14-17)27(22,23)18-8-6-7-16(13-18)24-2;1-3-4-8-25-16-9-14(11-19(20)21)10-18(13-16)26(22,23)17-7-5-6-15(12-17)24-2;1-3-4-5-22-11-6-10(8-13(18)21-2)7-12(9-11)23-24(19,20)14(15,16)17;1-3-4-5-17-12-7-10(6-11(14)9-12)8-13(15)16-2;1-13-9(12)4-6-2-7(10)5-8(11)3-6;1-9-6-3-2-4-7(5-6)11-10-8;/h6-8,10-11,13-14H,4-5,9,12H2,1-3H3;5-7,9-10,12-13H,3-4,8,11H2,1-2H3,(H,20,21);6-7,9H,3-5,8H2,1-2H3;6-7,9,14H,3-5,8H2,1-2H3;2-3,5,10-11H,4H2,1H3;2-5,8H,1H3;/q;;;;;;+1/p-1. The van der Waals surface area contributed by atoms with Gasteiger partial charge in [-0.1, -0.05) is 71.6 Å². The minimum atomic E-state index is -5.82. The fourth-order valence-corrected chi connectivity index (χ4v) is 13.1. The summed E-state index contributed by atoms with van der Waals surface area (Å²) in [5, 5.41) is 46.4. The third-order valence-corrected chi connectivity index (χ3v) is 20.4. The molecule has 0 amide bonds. The number of methoxy groups -OCH3 is 7. The number of carboxylic acid groups (broad SMARTS) is 1. The quantitative estimate of drug-likeness (QED) is 0.00323. The van der Waals surface area contributed by atoms with E-state index in [0.29, 0.717) is 83.0 Å². The summed E-state index contributed by atoms with van der Waals surface area (Å²) in [6, 6.07) is 40.7. The molecule has 0 aliphatic heterocycles. The molecule has 0 radical (unpaired) electrons. The van der Waals surface area contributed by atoms with Crippen molar-refractivity contribution in [1.29, 1.82) is 0 Å². The van der Waals surface area contributed by atoms with E-state index >= 15 is 0 Å². The number of alkyl halides is 3. The molecule has 8 aromatic carbocycles. The minimum Gasteiger partial charge on any atom is -0.710 e. The van der Waals surface area contributed by atoms with Crippen LogP contribution in [0.3, 0.4) is 0 Å². The number of sulfone groups is 2. The van der Waals surface area contributed by atoms with E-state index in [9.17, 15) is 72.8 Å². The summed E-state index contributed by atoms with van der Waals surface area (Å²) < 4.78 is 175. The van der Waals surface area contributed by atoms with Crippen molar-refractivity contribution < 1.29 is 178 Å². The third-order valence-electron chi connectivity index (χ3n) is 15.4. The van der Waals surface area contributed by atoms with Crippen LogP contribution in [0.1, 0.15) is 107 Å². The first-order valence-electron chi connectivity index (χ1n) is 36.2. The zero-order chi connectivity index (χ0) is 88.0. The van der Waals surface area contributed by atoms with Gasteiger partial charge in [0, 0.05) is 35.1 Å². The van der Waals surface area contributed by atoms with E-state index in [-0.39, 0.29) is 122 Å². The number of rotatable bonds is 37. The Kier molecular flexibility index (Phi) is 48.3. The van der Waals surface area contributed by atoms with Crippen LogP contribution in [0.5, 0.6) is 63.2 Å². The van der Waals surface area contributed by atoms with Crippen LogP contribution in [0.25, 0.3) is 0 Å². The Balaban J connectivity index is 0.000000495. The number of benzene rings is 8. The van der Waals surface area contributed by atoms with Crippen LogP contribution in [0, 0.1) is 0 Å². The van der Waals surface area contributed by atoms with Crippen molar-refractivity contribution in [2.45, 2.75) is 141 Å². The van der Waals surface area contributed by atoms with Gasteiger partial charge in [0.1, 0.15) is 63.2 Å². The van der Waals surface area contributed by atoms with Crippen molar-refractivity contribution in [3.05, 3.63) is 192 Å². The monoisotopic (exact) mass is 1750 g/mol. The smallest absolute Gasteiger partial charge is 0.710 e. The van der Waals surface area contributed by atoms with Gasteiger partial charge in [-0.25, -0.2) is 16.8 Å². The van der Waals surface area contributed by atoms with Gasteiger partial charge in [-0.05, 0) is 181 Å². The zero-order valence-electron chi connectivity index (χ0n) is 67.9. The van der Waals surface area contributed by atoms with E-state index < -0.39 is 64.9 Å². The van der Waals surface area contributed by atoms with Crippen LogP contribution in [-0.2, 0) is 109 Å². The summed E-state index contributed by atoms with van der Waals surface area (Å²) in [5.41, 5.74) is -3.28. The molecular formula is C82H98F3NaO29S4. The average Bonchev–Trinajstić information content (AvgIpc) is 0.795. The number of aliphatic carboxylic acids is 1. The normalized spacial score (nSPS) is 10.7. The molecule has 0 aliphatic carbocycles. The Morgan fingerprint density at radius 2 is 0.681 bits per heavy atom. The number of carboxylic acids is 1. The molecule has 0 heterocycles. The Morgan fingerprint density at radius 1 is 0.378 bits per heavy atom. The maximum Gasteiger partial charge on any atom is 1.00 e. The average molecular weight is 1760 g/mol. The van der Waals surface area contributed by atoms with Gasteiger partial charge in [0.15, 0.2) is 0 Å². The molecule has 0 atom stereocenters. The van der Waals surface area contributed by atoms with Gasteiger partial charge in [0.2, 0.25) is 19.7 Å². The van der Waals surface area contributed by atoms with Crippen molar-refractivity contribution in [1.82, 2.24) is 0 Å². The summed E-state index contributed by atoms with van der Waals surface area (Å²) in [5.74, 6) is -0.521. The van der Waals surface area contributed by atoms with E-state index in [1.807, 2.05) is 20.8 Å². The van der Waals surface area contributed by atoms with Gasteiger partial charge in [-0.3, -0.25) is 24.0 Å². The summed E-state index contributed by atoms with van der Waals surface area (Å²) in [6.45, 7) is 9.85. The van der Waals surface area contributed by atoms with Gasteiger partial charge >= 0.3 is 75.0 Å². The number of hydrogen-bond donors (Lipinski definition) is 4.